The molecule has 1 fully saturated rings. The SMILES string of the molecule is COc1ccccc1-c1cccc(NC(=O)NC2(C)CCOCC2)c1. The van der Waals surface area contributed by atoms with Crippen molar-refractivity contribution in [2.24, 2.45) is 0 Å². The van der Waals surface area contributed by atoms with E-state index in [1.54, 1.807) is 7.11 Å². The molecule has 0 aliphatic carbocycles. The fourth-order valence-corrected chi connectivity index (χ4v) is 3.03. The summed E-state index contributed by atoms with van der Waals surface area (Å²) in [7, 11) is 1.66. The van der Waals surface area contributed by atoms with Crippen LogP contribution in [0.1, 0.15) is 19.8 Å². The highest BCUT2D eigenvalue weighted by molar-refractivity contribution is 5.90. The van der Waals surface area contributed by atoms with Crippen molar-refractivity contribution in [2.75, 3.05) is 25.6 Å². The van der Waals surface area contributed by atoms with Gasteiger partial charge >= 0.3 is 6.03 Å². The molecule has 1 saturated heterocycles. The third kappa shape index (κ3) is 4.31. The Hall–Kier alpha value is -2.53. The maximum atomic E-state index is 12.4. The summed E-state index contributed by atoms with van der Waals surface area (Å²) in [6.45, 7) is 3.42. The molecule has 1 heterocycles. The Kier molecular flexibility index (Phi) is 5.24. The van der Waals surface area contributed by atoms with Crippen LogP contribution in [-0.4, -0.2) is 31.9 Å². The predicted molar refractivity (Wildman–Crippen MR) is 99.0 cm³/mol. The Morgan fingerprint density at radius 1 is 1.12 bits per heavy atom. The number of amides is 2. The van der Waals surface area contributed by atoms with E-state index in [9.17, 15) is 4.79 Å². The van der Waals surface area contributed by atoms with Crippen molar-refractivity contribution in [2.45, 2.75) is 25.3 Å². The van der Waals surface area contributed by atoms with Crippen LogP contribution >= 0.6 is 0 Å². The average molecular weight is 340 g/mol. The summed E-state index contributed by atoms with van der Waals surface area (Å²) < 4.78 is 10.8. The third-order valence-electron chi connectivity index (χ3n) is 4.55. The molecule has 2 aromatic rings. The molecule has 0 atom stereocenters. The van der Waals surface area contributed by atoms with Crippen LogP contribution in [0, 0.1) is 0 Å². The monoisotopic (exact) mass is 340 g/mol. The topological polar surface area (TPSA) is 59.6 Å². The minimum absolute atomic E-state index is 0.193. The molecule has 1 aliphatic rings. The van der Waals surface area contributed by atoms with E-state index in [4.69, 9.17) is 9.47 Å². The van der Waals surface area contributed by atoms with E-state index in [1.165, 1.54) is 0 Å². The van der Waals surface area contributed by atoms with Gasteiger partial charge in [0.2, 0.25) is 0 Å². The van der Waals surface area contributed by atoms with E-state index >= 15 is 0 Å². The number of rotatable bonds is 4. The molecule has 0 aromatic heterocycles. The second-order valence-corrected chi connectivity index (χ2v) is 6.53. The van der Waals surface area contributed by atoms with Gasteiger partial charge in [0.25, 0.3) is 0 Å². The summed E-state index contributed by atoms with van der Waals surface area (Å²) in [5, 5.41) is 6.00. The number of para-hydroxylation sites is 1. The lowest BCUT2D eigenvalue weighted by Crippen LogP contribution is -2.51. The number of methoxy groups -OCH3 is 1. The van der Waals surface area contributed by atoms with Crippen LogP contribution in [0.25, 0.3) is 11.1 Å². The highest BCUT2D eigenvalue weighted by Gasteiger charge is 2.28. The van der Waals surface area contributed by atoms with Crippen molar-refractivity contribution in [1.82, 2.24) is 5.32 Å². The van der Waals surface area contributed by atoms with Crippen molar-refractivity contribution in [3.63, 3.8) is 0 Å². The second kappa shape index (κ2) is 7.57. The molecular weight excluding hydrogens is 316 g/mol. The molecule has 2 N–H and O–H groups in total. The van der Waals surface area contributed by atoms with Gasteiger partial charge in [-0.05, 0) is 43.5 Å². The smallest absolute Gasteiger partial charge is 0.319 e. The van der Waals surface area contributed by atoms with Crippen LogP contribution in [0.2, 0.25) is 0 Å². The zero-order chi connectivity index (χ0) is 17.7. The average Bonchev–Trinajstić information content (AvgIpc) is 2.62. The molecule has 0 bridgehead atoms. The quantitative estimate of drug-likeness (QED) is 0.882. The first-order chi connectivity index (χ1) is 12.1. The maximum absolute atomic E-state index is 12.4. The molecule has 0 saturated carbocycles. The lowest BCUT2D eigenvalue weighted by molar-refractivity contribution is 0.0500. The number of ether oxygens (including phenoxy) is 2. The highest BCUT2D eigenvalue weighted by Crippen LogP contribution is 2.31. The largest absolute Gasteiger partial charge is 0.496 e. The van der Waals surface area contributed by atoms with Gasteiger partial charge in [0, 0.05) is 30.0 Å². The summed E-state index contributed by atoms with van der Waals surface area (Å²) in [4.78, 5) is 12.4. The third-order valence-corrected chi connectivity index (χ3v) is 4.55. The summed E-state index contributed by atoms with van der Waals surface area (Å²) in [6, 6.07) is 15.4. The standard InChI is InChI=1S/C20H24N2O3/c1-20(10-12-25-13-11-20)22-19(23)21-16-7-5-6-15(14-16)17-8-3-4-9-18(17)24-2/h3-9,14H,10-13H2,1-2H3,(H2,21,22,23). The Labute approximate surface area is 148 Å². The zero-order valence-electron chi connectivity index (χ0n) is 14.7. The van der Waals surface area contributed by atoms with Gasteiger partial charge in [-0.3, -0.25) is 0 Å². The molecule has 2 amide bonds. The van der Waals surface area contributed by atoms with Gasteiger partial charge in [0.15, 0.2) is 0 Å². The molecule has 2 aromatic carbocycles. The minimum atomic E-state index is -0.220. The number of urea groups is 1. The summed E-state index contributed by atoms with van der Waals surface area (Å²) in [5.74, 6) is 0.804. The molecule has 3 rings (SSSR count). The van der Waals surface area contributed by atoms with Crippen molar-refractivity contribution in [1.29, 1.82) is 0 Å². The summed E-state index contributed by atoms with van der Waals surface area (Å²) in [6.07, 6.45) is 1.64. The van der Waals surface area contributed by atoms with Crippen LogP contribution in [0.15, 0.2) is 48.5 Å². The Balaban J connectivity index is 1.72. The summed E-state index contributed by atoms with van der Waals surface area (Å²) in [5.41, 5.74) is 2.51. The number of nitrogens with one attached hydrogen (secondary N) is 2. The molecule has 1 aliphatic heterocycles. The first kappa shape index (κ1) is 17.3. The fraction of sp³-hybridized carbons (Fsp3) is 0.350. The number of carbonyl (C=O) groups excluding carboxylic acids is 1. The molecule has 0 radical (unpaired) electrons. The molecule has 0 unspecified atom stereocenters. The lowest BCUT2D eigenvalue weighted by Gasteiger charge is -2.34. The zero-order valence-corrected chi connectivity index (χ0v) is 14.7. The van der Waals surface area contributed by atoms with Crippen LogP contribution in [0.3, 0.4) is 0 Å². The van der Waals surface area contributed by atoms with Crippen LogP contribution < -0.4 is 15.4 Å². The van der Waals surface area contributed by atoms with Gasteiger partial charge in [-0.15, -0.1) is 0 Å². The Morgan fingerprint density at radius 2 is 1.88 bits per heavy atom. The molecule has 0 spiro atoms. The van der Waals surface area contributed by atoms with E-state index in [-0.39, 0.29) is 11.6 Å². The van der Waals surface area contributed by atoms with E-state index < -0.39 is 0 Å². The van der Waals surface area contributed by atoms with Gasteiger partial charge in [-0.2, -0.15) is 0 Å². The Morgan fingerprint density at radius 3 is 2.64 bits per heavy atom. The molecule has 5 heteroatoms. The van der Waals surface area contributed by atoms with Crippen molar-refractivity contribution in [3.05, 3.63) is 48.5 Å². The van der Waals surface area contributed by atoms with Gasteiger partial charge in [-0.25, -0.2) is 4.79 Å². The van der Waals surface area contributed by atoms with E-state index in [0.29, 0.717) is 13.2 Å². The fourth-order valence-electron chi connectivity index (χ4n) is 3.03. The van der Waals surface area contributed by atoms with Crippen LogP contribution in [-0.2, 0) is 4.74 Å². The normalized spacial score (nSPS) is 16.1. The van der Waals surface area contributed by atoms with Crippen LogP contribution in [0.5, 0.6) is 5.75 Å². The molecular formula is C20H24N2O3. The highest BCUT2D eigenvalue weighted by atomic mass is 16.5. The molecule has 25 heavy (non-hydrogen) atoms. The van der Waals surface area contributed by atoms with Gasteiger partial charge in [-0.1, -0.05) is 30.3 Å². The van der Waals surface area contributed by atoms with Crippen molar-refractivity contribution >= 4 is 11.7 Å². The first-order valence-electron chi connectivity index (χ1n) is 8.50. The molecule has 5 nitrogen and oxygen atoms in total. The minimum Gasteiger partial charge on any atom is -0.496 e. The lowest BCUT2D eigenvalue weighted by atomic mass is 9.93. The van der Waals surface area contributed by atoms with E-state index in [2.05, 4.69) is 17.6 Å². The Bertz CT molecular complexity index is 739. The van der Waals surface area contributed by atoms with E-state index in [0.717, 1.165) is 35.4 Å². The number of hydrogen-bond donors (Lipinski definition) is 2. The maximum Gasteiger partial charge on any atom is 0.319 e. The number of benzene rings is 2. The number of carbonyl (C=O) groups is 1. The van der Waals surface area contributed by atoms with Gasteiger partial charge in [0.05, 0.1) is 7.11 Å². The number of anilines is 1. The summed E-state index contributed by atoms with van der Waals surface area (Å²) >= 11 is 0. The van der Waals surface area contributed by atoms with Crippen molar-refractivity contribution < 1.29 is 14.3 Å². The van der Waals surface area contributed by atoms with Gasteiger partial charge in [0.1, 0.15) is 5.75 Å². The predicted octanol–water partition coefficient (Wildman–Crippen LogP) is 4.05. The first-order valence-corrected chi connectivity index (χ1v) is 8.50. The second-order valence-electron chi connectivity index (χ2n) is 6.53. The van der Waals surface area contributed by atoms with Crippen molar-refractivity contribution in [3.8, 4) is 16.9 Å². The van der Waals surface area contributed by atoms with Crippen LogP contribution in [0.4, 0.5) is 10.5 Å². The van der Waals surface area contributed by atoms with Gasteiger partial charge < -0.3 is 20.1 Å². The number of hydrogen-bond acceptors (Lipinski definition) is 3. The molecule has 132 valence electrons. The van der Waals surface area contributed by atoms with E-state index in [1.807, 2.05) is 48.5 Å².